The van der Waals surface area contributed by atoms with Crippen molar-refractivity contribution in [2.24, 2.45) is 0 Å². The maximum Gasteiger partial charge on any atom is 0.363 e. The first-order valence-electron chi connectivity index (χ1n) is 7.91. The summed E-state index contributed by atoms with van der Waals surface area (Å²) in [5, 5.41) is 10.3. The number of aliphatic hydroxyl groups is 1. The maximum absolute atomic E-state index is 12.6. The van der Waals surface area contributed by atoms with Gasteiger partial charge in [0.15, 0.2) is 5.85 Å². The van der Waals surface area contributed by atoms with E-state index in [4.69, 9.17) is 13.8 Å². The Labute approximate surface area is 137 Å². The molecule has 1 saturated heterocycles. The molecule has 0 aliphatic carbocycles. The number of hydrogen-bond donors (Lipinski definition) is 1. The molecule has 1 aliphatic rings. The van der Waals surface area contributed by atoms with E-state index in [-0.39, 0.29) is 13.2 Å². The summed E-state index contributed by atoms with van der Waals surface area (Å²) in [5.41, 5.74) is 1.33. The number of aliphatic hydroxyl groups excluding tert-OH is 1. The van der Waals surface area contributed by atoms with E-state index in [2.05, 4.69) is 9.88 Å². The molecule has 1 unspecified atom stereocenters. The molecule has 130 valence electrons. The number of pyridine rings is 1. The van der Waals surface area contributed by atoms with Gasteiger partial charge in [0.1, 0.15) is 0 Å². The summed E-state index contributed by atoms with van der Waals surface area (Å²) in [6, 6.07) is 3.55. The molecule has 1 aromatic heterocycles. The highest BCUT2D eigenvalue weighted by Gasteiger charge is 2.35. The quantitative estimate of drug-likeness (QED) is 0.724. The Morgan fingerprint density at radius 1 is 1.30 bits per heavy atom. The molecule has 8 heteroatoms. The largest absolute Gasteiger partial charge is 0.379 e. The minimum atomic E-state index is -3.59. The van der Waals surface area contributed by atoms with Gasteiger partial charge in [-0.05, 0) is 19.9 Å². The average Bonchev–Trinajstić information content (AvgIpc) is 2.56. The second-order valence-corrected chi connectivity index (χ2v) is 7.31. The number of hydrogen-bond acceptors (Lipinski definition) is 7. The fourth-order valence-corrected chi connectivity index (χ4v) is 3.99. The lowest BCUT2D eigenvalue weighted by Gasteiger charge is -2.26. The minimum Gasteiger partial charge on any atom is -0.379 e. The van der Waals surface area contributed by atoms with Crippen molar-refractivity contribution in [3.8, 4) is 0 Å². The van der Waals surface area contributed by atoms with E-state index >= 15 is 0 Å². The van der Waals surface area contributed by atoms with Crippen LogP contribution in [0.25, 0.3) is 0 Å². The van der Waals surface area contributed by atoms with E-state index in [1.807, 2.05) is 6.07 Å². The molecule has 1 aromatic rings. The molecule has 2 heterocycles. The van der Waals surface area contributed by atoms with Crippen molar-refractivity contribution in [2.45, 2.75) is 26.2 Å². The zero-order chi connectivity index (χ0) is 16.7. The van der Waals surface area contributed by atoms with Gasteiger partial charge in [-0.1, -0.05) is 6.07 Å². The predicted octanol–water partition coefficient (Wildman–Crippen LogP) is 2.17. The zero-order valence-electron chi connectivity index (χ0n) is 13.7. The summed E-state index contributed by atoms with van der Waals surface area (Å²) in [5.74, 6) is -1.33. The van der Waals surface area contributed by atoms with Crippen LogP contribution >= 0.6 is 7.60 Å². The smallest absolute Gasteiger partial charge is 0.363 e. The van der Waals surface area contributed by atoms with Crippen LogP contribution in [0.4, 0.5) is 0 Å². The third kappa shape index (κ3) is 5.08. The van der Waals surface area contributed by atoms with Crippen LogP contribution in [-0.4, -0.2) is 54.5 Å². The molecule has 23 heavy (non-hydrogen) atoms. The second-order valence-electron chi connectivity index (χ2n) is 5.22. The van der Waals surface area contributed by atoms with Crippen molar-refractivity contribution in [3.05, 3.63) is 29.6 Å². The zero-order valence-corrected chi connectivity index (χ0v) is 14.6. The number of rotatable bonds is 8. The molecule has 1 aliphatic heterocycles. The Kier molecular flexibility index (Phi) is 7.14. The lowest BCUT2D eigenvalue weighted by atomic mass is 10.2. The topological polar surface area (TPSA) is 81.1 Å². The van der Waals surface area contributed by atoms with Gasteiger partial charge >= 0.3 is 7.60 Å². The SMILES string of the molecule is CCOP(=O)(OCC)C(O)c1ccc(CN2CCOCC2)nc1. The molecule has 2 rings (SSSR count). The molecule has 0 spiro atoms. The first kappa shape index (κ1) is 18.5. The Morgan fingerprint density at radius 3 is 2.48 bits per heavy atom. The first-order chi connectivity index (χ1) is 11.1. The average molecular weight is 344 g/mol. The molecule has 1 atom stereocenters. The van der Waals surface area contributed by atoms with E-state index in [0.29, 0.717) is 5.56 Å². The molecule has 1 fully saturated rings. The van der Waals surface area contributed by atoms with Gasteiger partial charge in [-0.15, -0.1) is 0 Å². The lowest BCUT2D eigenvalue weighted by Crippen LogP contribution is -2.35. The van der Waals surface area contributed by atoms with Crippen LogP contribution in [0.15, 0.2) is 18.3 Å². The first-order valence-corrected chi connectivity index (χ1v) is 9.52. The van der Waals surface area contributed by atoms with E-state index in [1.54, 1.807) is 19.9 Å². The van der Waals surface area contributed by atoms with Gasteiger partial charge in [0.05, 0.1) is 32.1 Å². The Bertz CT molecular complexity index is 509. The molecule has 0 amide bonds. The molecule has 0 aromatic carbocycles. The number of nitrogens with zero attached hydrogens (tertiary/aromatic N) is 2. The van der Waals surface area contributed by atoms with E-state index in [0.717, 1.165) is 38.5 Å². The van der Waals surface area contributed by atoms with Crippen molar-refractivity contribution >= 4 is 7.60 Å². The molecule has 0 saturated carbocycles. The van der Waals surface area contributed by atoms with Gasteiger partial charge < -0.3 is 18.9 Å². The van der Waals surface area contributed by atoms with Gasteiger partial charge in [0.2, 0.25) is 0 Å². The summed E-state index contributed by atoms with van der Waals surface area (Å²) >= 11 is 0. The third-order valence-electron chi connectivity index (χ3n) is 3.55. The maximum atomic E-state index is 12.6. The van der Waals surface area contributed by atoms with Gasteiger partial charge in [-0.2, -0.15) is 0 Å². The minimum absolute atomic E-state index is 0.205. The Morgan fingerprint density at radius 2 is 1.96 bits per heavy atom. The van der Waals surface area contributed by atoms with Crippen LogP contribution in [0.5, 0.6) is 0 Å². The van der Waals surface area contributed by atoms with Crippen LogP contribution < -0.4 is 0 Å². The van der Waals surface area contributed by atoms with Gasteiger partial charge in [0, 0.05) is 31.4 Å². The number of aromatic nitrogens is 1. The summed E-state index contributed by atoms with van der Waals surface area (Å²) in [4.78, 5) is 6.61. The highest BCUT2D eigenvalue weighted by Crippen LogP contribution is 2.59. The van der Waals surface area contributed by atoms with Crippen molar-refractivity contribution in [3.63, 3.8) is 0 Å². The van der Waals surface area contributed by atoms with Crippen molar-refractivity contribution in [1.29, 1.82) is 0 Å². The summed E-state index contributed by atoms with van der Waals surface area (Å²) in [6.45, 7) is 7.81. The Balaban J connectivity index is 2.03. The standard InChI is InChI=1S/C15H25N2O5P/c1-3-21-23(19,22-4-2)15(18)13-5-6-14(16-11-13)12-17-7-9-20-10-8-17/h5-6,11,15,18H,3-4,7-10,12H2,1-2H3. The van der Waals surface area contributed by atoms with Crippen LogP contribution in [0.2, 0.25) is 0 Å². The monoisotopic (exact) mass is 344 g/mol. The molecular weight excluding hydrogens is 319 g/mol. The van der Waals surface area contributed by atoms with Gasteiger partial charge in [0.25, 0.3) is 0 Å². The predicted molar refractivity (Wildman–Crippen MR) is 86.2 cm³/mol. The highest BCUT2D eigenvalue weighted by atomic mass is 31.2. The van der Waals surface area contributed by atoms with Crippen molar-refractivity contribution in [1.82, 2.24) is 9.88 Å². The van der Waals surface area contributed by atoms with Gasteiger partial charge in [-0.3, -0.25) is 14.4 Å². The molecular formula is C15H25N2O5P. The van der Waals surface area contributed by atoms with Crippen LogP contribution in [0.3, 0.4) is 0 Å². The van der Waals surface area contributed by atoms with Crippen molar-refractivity contribution < 1.29 is 23.5 Å². The van der Waals surface area contributed by atoms with Crippen LogP contribution in [-0.2, 0) is 24.9 Å². The third-order valence-corrected chi connectivity index (χ3v) is 5.69. The van der Waals surface area contributed by atoms with Crippen LogP contribution in [0.1, 0.15) is 30.9 Å². The fourth-order valence-electron chi connectivity index (χ4n) is 2.39. The fraction of sp³-hybridized carbons (Fsp3) is 0.667. The van der Waals surface area contributed by atoms with E-state index in [1.165, 1.54) is 6.20 Å². The normalized spacial score (nSPS) is 18.0. The molecule has 7 nitrogen and oxygen atoms in total. The number of ether oxygens (including phenoxy) is 1. The van der Waals surface area contributed by atoms with Crippen LogP contribution in [0, 0.1) is 0 Å². The van der Waals surface area contributed by atoms with Crippen molar-refractivity contribution in [2.75, 3.05) is 39.5 Å². The summed E-state index contributed by atoms with van der Waals surface area (Å²) in [6.07, 6.45) is 1.53. The molecule has 1 N–H and O–H groups in total. The van der Waals surface area contributed by atoms with E-state index < -0.39 is 13.4 Å². The van der Waals surface area contributed by atoms with Gasteiger partial charge in [-0.25, -0.2) is 0 Å². The molecule has 0 bridgehead atoms. The lowest BCUT2D eigenvalue weighted by molar-refractivity contribution is 0.0336. The summed E-state index contributed by atoms with van der Waals surface area (Å²) in [7, 11) is -3.59. The number of morpholine rings is 1. The van der Waals surface area contributed by atoms with E-state index in [9.17, 15) is 9.67 Å². The highest BCUT2D eigenvalue weighted by molar-refractivity contribution is 7.54. The second kappa shape index (κ2) is 8.87. The Hall–Kier alpha value is -0.820. The molecule has 0 radical (unpaired) electrons. The summed E-state index contributed by atoms with van der Waals surface area (Å²) < 4.78 is 28.2.